The van der Waals surface area contributed by atoms with Crippen LogP contribution in [-0.4, -0.2) is 18.1 Å². The molecule has 0 aromatic carbocycles. The van der Waals surface area contributed by atoms with Crippen LogP contribution in [0.15, 0.2) is 22.8 Å². The van der Waals surface area contributed by atoms with Gasteiger partial charge in [0.1, 0.15) is 5.82 Å². The Hall–Kier alpha value is -0.570. The average molecular weight is 267 g/mol. The second-order valence-corrected chi connectivity index (χ2v) is 5.52. The van der Waals surface area contributed by atoms with Crippen molar-refractivity contribution in [1.82, 2.24) is 4.98 Å². The molecule has 2 heterocycles. The van der Waals surface area contributed by atoms with E-state index in [1.54, 1.807) is 0 Å². The lowest BCUT2D eigenvalue weighted by Crippen LogP contribution is -2.22. The molecule has 2 fully saturated rings. The summed E-state index contributed by atoms with van der Waals surface area (Å²) in [7, 11) is 0. The molecule has 2 atom stereocenters. The molecule has 15 heavy (non-hydrogen) atoms. The van der Waals surface area contributed by atoms with Crippen molar-refractivity contribution in [3.63, 3.8) is 0 Å². The van der Waals surface area contributed by atoms with Gasteiger partial charge in [-0.05, 0) is 52.7 Å². The summed E-state index contributed by atoms with van der Waals surface area (Å²) in [6.07, 6.45) is 6.16. The Morgan fingerprint density at radius 2 is 2.00 bits per heavy atom. The molecule has 3 heteroatoms. The van der Waals surface area contributed by atoms with Gasteiger partial charge < -0.3 is 4.90 Å². The SMILES string of the molecule is Brc1cccnc1N1CC2CCCC2C1. The van der Waals surface area contributed by atoms with Gasteiger partial charge in [-0.2, -0.15) is 0 Å². The van der Waals surface area contributed by atoms with Crippen molar-refractivity contribution < 1.29 is 0 Å². The Bertz CT molecular complexity index is 354. The second kappa shape index (κ2) is 3.78. The van der Waals surface area contributed by atoms with Crippen LogP contribution in [0.25, 0.3) is 0 Å². The van der Waals surface area contributed by atoms with E-state index in [9.17, 15) is 0 Å². The Balaban J connectivity index is 1.82. The van der Waals surface area contributed by atoms with E-state index in [4.69, 9.17) is 0 Å². The molecule has 1 aliphatic heterocycles. The van der Waals surface area contributed by atoms with E-state index in [1.807, 2.05) is 12.3 Å². The molecule has 80 valence electrons. The van der Waals surface area contributed by atoms with Gasteiger partial charge in [-0.1, -0.05) is 6.42 Å². The molecule has 1 saturated carbocycles. The quantitative estimate of drug-likeness (QED) is 0.777. The largest absolute Gasteiger partial charge is 0.355 e. The van der Waals surface area contributed by atoms with Crippen LogP contribution < -0.4 is 4.90 Å². The van der Waals surface area contributed by atoms with E-state index in [2.05, 4.69) is 31.9 Å². The van der Waals surface area contributed by atoms with Crippen LogP contribution in [-0.2, 0) is 0 Å². The maximum atomic E-state index is 4.47. The van der Waals surface area contributed by atoms with Crippen LogP contribution in [0.5, 0.6) is 0 Å². The molecule has 3 rings (SSSR count). The standard InChI is InChI=1S/C12H15BrN2/c13-11-5-2-6-14-12(11)15-7-9-3-1-4-10(9)8-15/h2,5-6,9-10H,1,3-4,7-8H2. The first-order chi connectivity index (χ1) is 7.34. The maximum Gasteiger partial charge on any atom is 0.142 e. The first-order valence-electron chi connectivity index (χ1n) is 5.70. The lowest BCUT2D eigenvalue weighted by molar-refractivity contribution is 0.494. The van der Waals surface area contributed by atoms with Gasteiger partial charge in [0.05, 0.1) is 4.47 Å². The number of rotatable bonds is 1. The minimum absolute atomic E-state index is 0.930. The summed E-state index contributed by atoms with van der Waals surface area (Å²) in [4.78, 5) is 6.91. The van der Waals surface area contributed by atoms with Gasteiger partial charge in [0, 0.05) is 19.3 Å². The average Bonchev–Trinajstić information content (AvgIpc) is 2.77. The summed E-state index contributed by atoms with van der Waals surface area (Å²) in [5.74, 6) is 2.99. The van der Waals surface area contributed by atoms with E-state index in [-0.39, 0.29) is 0 Å². The molecule has 1 aromatic heterocycles. The van der Waals surface area contributed by atoms with Crippen molar-refractivity contribution in [2.75, 3.05) is 18.0 Å². The molecule has 0 amide bonds. The normalized spacial score (nSPS) is 29.5. The van der Waals surface area contributed by atoms with E-state index in [1.165, 1.54) is 32.4 Å². The van der Waals surface area contributed by atoms with E-state index in [0.717, 1.165) is 22.1 Å². The van der Waals surface area contributed by atoms with E-state index < -0.39 is 0 Å². The minimum Gasteiger partial charge on any atom is -0.355 e. The van der Waals surface area contributed by atoms with Crippen molar-refractivity contribution in [3.8, 4) is 0 Å². The number of nitrogens with zero attached hydrogens (tertiary/aromatic N) is 2. The van der Waals surface area contributed by atoms with Crippen LogP contribution in [0.4, 0.5) is 5.82 Å². The van der Waals surface area contributed by atoms with Gasteiger partial charge in [0.15, 0.2) is 0 Å². The molecule has 0 radical (unpaired) electrons. The van der Waals surface area contributed by atoms with Gasteiger partial charge >= 0.3 is 0 Å². The molecule has 0 N–H and O–H groups in total. The van der Waals surface area contributed by atoms with Gasteiger partial charge in [-0.15, -0.1) is 0 Å². The predicted molar refractivity (Wildman–Crippen MR) is 65.0 cm³/mol. The molecular weight excluding hydrogens is 252 g/mol. The molecule has 0 bridgehead atoms. The zero-order valence-electron chi connectivity index (χ0n) is 8.69. The number of halogens is 1. The predicted octanol–water partition coefficient (Wildman–Crippen LogP) is 3.08. The third-order valence-corrected chi connectivity index (χ3v) is 4.38. The Morgan fingerprint density at radius 3 is 2.67 bits per heavy atom. The van der Waals surface area contributed by atoms with Crippen molar-refractivity contribution in [1.29, 1.82) is 0 Å². The summed E-state index contributed by atoms with van der Waals surface area (Å²) in [5, 5.41) is 0. The lowest BCUT2D eigenvalue weighted by atomic mass is 10.0. The third-order valence-electron chi connectivity index (χ3n) is 3.76. The molecule has 2 aliphatic rings. The molecule has 1 saturated heterocycles. The van der Waals surface area contributed by atoms with Crippen molar-refractivity contribution in [2.24, 2.45) is 11.8 Å². The number of hydrogen-bond donors (Lipinski definition) is 0. The van der Waals surface area contributed by atoms with Crippen LogP contribution in [0.1, 0.15) is 19.3 Å². The van der Waals surface area contributed by atoms with Crippen LogP contribution in [0, 0.1) is 11.8 Å². The van der Waals surface area contributed by atoms with E-state index >= 15 is 0 Å². The molecule has 1 aliphatic carbocycles. The van der Waals surface area contributed by atoms with Gasteiger partial charge in [-0.25, -0.2) is 4.98 Å². The molecule has 2 nitrogen and oxygen atoms in total. The van der Waals surface area contributed by atoms with Crippen molar-refractivity contribution in [2.45, 2.75) is 19.3 Å². The Kier molecular flexibility index (Phi) is 2.43. The topological polar surface area (TPSA) is 16.1 Å². The summed E-state index contributed by atoms with van der Waals surface area (Å²) >= 11 is 3.58. The number of aromatic nitrogens is 1. The third kappa shape index (κ3) is 1.67. The van der Waals surface area contributed by atoms with E-state index in [0.29, 0.717) is 0 Å². The van der Waals surface area contributed by atoms with Crippen molar-refractivity contribution >= 4 is 21.7 Å². The van der Waals surface area contributed by atoms with Crippen molar-refractivity contribution in [3.05, 3.63) is 22.8 Å². The fourth-order valence-electron chi connectivity index (χ4n) is 3.02. The fourth-order valence-corrected chi connectivity index (χ4v) is 3.52. The lowest BCUT2D eigenvalue weighted by Gasteiger charge is -2.19. The van der Waals surface area contributed by atoms with Gasteiger partial charge in [0.25, 0.3) is 0 Å². The number of hydrogen-bond acceptors (Lipinski definition) is 2. The highest BCUT2D eigenvalue weighted by Gasteiger charge is 2.36. The zero-order chi connectivity index (χ0) is 10.3. The maximum absolute atomic E-state index is 4.47. The number of pyridine rings is 1. The van der Waals surface area contributed by atoms with Crippen LogP contribution in [0.3, 0.4) is 0 Å². The summed E-state index contributed by atoms with van der Waals surface area (Å²) in [6, 6.07) is 4.06. The fraction of sp³-hybridized carbons (Fsp3) is 0.583. The first kappa shape index (κ1) is 9.64. The highest BCUT2D eigenvalue weighted by atomic mass is 79.9. The molecule has 0 spiro atoms. The second-order valence-electron chi connectivity index (χ2n) is 4.66. The molecule has 1 aromatic rings. The number of anilines is 1. The Morgan fingerprint density at radius 1 is 1.27 bits per heavy atom. The highest BCUT2D eigenvalue weighted by molar-refractivity contribution is 9.10. The Labute approximate surface area is 98.8 Å². The summed E-state index contributed by atoms with van der Waals surface area (Å²) in [5.41, 5.74) is 0. The zero-order valence-corrected chi connectivity index (χ0v) is 10.3. The van der Waals surface area contributed by atoms with Gasteiger partial charge in [-0.3, -0.25) is 0 Å². The van der Waals surface area contributed by atoms with Gasteiger partial charge in [0.2, 0.25) is 0 Å². The molecular formula is C12H15BrN2. The summed E-state index contributed by atoms with van der Waals surface area (Å²) < 4.78 is 1.13. The number of fused-ring (bicyclic) bond motifs is 1. The highest BCUT2D eigenvalue weighted by Crippen LogP contribution is 2.40. The first-order valence-corrected chi connectivity index (χ1v) is 6.49. The smallest absolute Gasteiger partial charge is 0.142 e. The summed E-state index contributed by atoms with van der Waals surface area (Å²) in [6.45, 7) is 2.42. The van der Waals surface area contributed by atoms with Crippen LogP contribution >= 0.6 is 15.9 Å². The van der Waals surface area contributed by atoms with Crippen LogP contribution in [0.2, 0.25) is 0 Å². The minimum atomic E-state index is 0.930. The molecule has 2 unspecified atom stereocenters. The monoisotopic (exact) mass is 266 g/mol.